The molecule has 1 aromatic carbocycles. The Labute approximate surface area is 139 Å². The Morgan fingerprint density at radius 3 is 2.50 bits per heavy atom. The minimum Gasteiger partial charge on any atom is -0.357 e. The fourth-order valence-corrected chi connectivity index (χ4v) is 3.04. The van der Waals surface area contributed by atoms with Gasteiger partial charge in [0.15, 0.2) is 0 Å². The number of nitrogens with zero attached hydrogens (tertiary/aromatic N) is 3. The molecule has 1 fully saturated rings. The standard InChI is InChI=1S/C19H18FN3O/c20-16-6-4-15(5-7-16)19-17(14-8-10-21-11-9-14)13-23(22-19)18-3-1-2-12-24-18/h4-11,13,18H,1-3,12H2. The van der Waals surface area contributed by atoms with Crippen LogP contribution in [0.3, 0.4) is 0 Å². The maximum absolute atomic E-state index is 13.3. The molecule has 1 atom stereocenters. The molecule has 2 aromatic heterocycles. The van der Waals surface area contributed by atoms with Gasteiger partial charge in [-0.2, -0.15) is 5.10 Å². The maximum atomic E-state index is 13.3. The smallest absolute Gasteiger partial charge is 0.150 e. The van der Waals surface area contributed by atoms with Crippen LogP contribution in [0.15, 0.2) is 55.0 Å². The molecule has 0 spiro atoms. The lowest BCUT2D eigenvalue weighted by molar-refractivity contribution is -0.0393. The van der Waals surface area contributed by atoms with Crippen LogP contribution in [0.25, 0.3) is 22.4 Å². The number of halogens is 1. The summed E-state index contributed by atoms with van der Waals surface area (Å²) in [6.07, 6.45) is 8.70. The molecule has 4 rings (SSSR count). The Bertz CT molecular complexity index is 808. The highest BCUT2D eigenvalue weighted by molar-refractivity contribution is 5.80. The molecule has 0 saturated carbocycles. The summed E-state index contributed by atoms with van der Waals surface area (Å²) in [6.45, 7) is 0.765. The maximum Gasteiger partial charge on any atom is 0.150 e. The van der Waals surface area contributed by atoms with Gasteiger partial charge in [-0.15, -0.1) is 0 Å². The lowest BCUT2D eigenvalue weighted by Gasteiger charge is -2.22. The fraction of sp³-hybridized carbons (Fsp3) is 0.263. The Morgan fingerprint density at radius 2 is 1.79 bits per heavy atom. The lowest BCUT2D eigenvalue weighted by Crippen LogP contribution is -2.18. The van der Waals surface area contributed by atoms with Crippen molar-refractivity contribution < 1.29 is 9.13 Å². The molecule has 1 saturated heterocycles. The first-order valence-corrected chi connectivity index (χ1v) is 8.18. The summed E-state index contributed by atoms with van der Waals surface area (Å²) in [6, 6.07) is 10.3. The average Bonchev–Trinajstić information content (AvgIpc) is 3.09. The normalized spacial score (nSPS) is 17.8. The summed E-state index contributed by atoms with van der Waals surface area (Å²) in [5.74, 6) is -0.251. The summed E-state index contributed by atoms with van der Waals surface area (Å²) in [7, 11) is 0. The molecule has 3 aromatic rings. The number of pyridine rings is 1. The predicted octanol–water partition coefficient (Wildman–Crippen LogP) is 4.45. The van der Waals surface area contributed by atoms with Crippen molar-refractivity contribution in [2.75, 3.05) is 6.61 Å². The quantitative estimate of drug-likeness (QED) is 0.715. The van der Waals surface area contributed by atoms with Gasteiger partial charge < -0.3 is 4.74 Å². The highest BCUT2D eigenvalue weighted by atomic mass is 19.1. The van der Waals surface area contributed by atoms with Gasteiger partial charge in [0.05, 0.1) is 0 Å². The largest absolute Gasteiger partial charge is 0.357 e. The van der Waals surface area contributed by atoms with Crippen LogP contribution >= 0.6 is 0 Å². The predicted molar refractivity (Wildman–Crippen MR) is 89.7 cm³/mol. The molecule has 5 heteroatoms. The molecule has 0 N–H and O–H groups in total. The van der Waals surface area contributed by atoms with Crippen LogP contribution in [0, 0.1) is 5.82 Å². The molecule has 3 heterocycles. The first kappa shape index (κ1) is 15.0. The summed E-state index contributed by atoms with van der Waals surface area (Å²) < 4.78 is 21.0. The van der Waals surface area contributed by atoms with E-state index in [1.54, 1.807) is 24.5 Å². The third kappa shape index (κ3) is 2.95. The highest BCUT2D eigenvalue weighted by Gasteiger charge is 2.20. The van der Waals surface area contributed by atoms with Crippen molar-refractivity contribution in [1.29, 1.82) is 0 Å². The molecular formula is C19H18FN3O. The number of aromatic nitrogens is 3. The Kier molecular flexibility index (Phi) is 4.09. The Balaban J connectivity index is 1.80. The van der Waals surface area contributed by atoms with Crippen LogP contribution in [0.5, 0.6) is 0 Å². The number of benzene rings is 1. The van der Waals surface area contributed by atoms with Crippen molar-refractivity contribution in [1.82, 2.24) is 14.8 Å². The zero-order chi connectivity index (χ0) is 16.4. The number of ether oxygens (including phenoxy) is 1. The van der Waals surface area contributed by atoms with Crippen LogP contribution in [0.2, 0.25) is 0 Å². The van der Waals surface area contributed by atoms with E-state index in [9.17, 15) is 4.39 Å². The molecule has 1 unspecified atom stereocenters. The van der Waals surface area contributed by atoms with Crippen molar-refractivity contribution in [2.45, 2.75) is 25.5 Å². The lowest BCUT2D eigenvalue weighted by atomic mass is 10.0. The van der Waals surface area contributed by atoms with Crippen LogP contribution in [0.4, 0.5) is 4.39 Å². The van der Waals surface area contributed by atoms with E-state index in [0.29, 0.717) is 0 Å². The van der Waals surface area contributed by atoms with Crippen LogP contribution < -0.4 is 0 Å². The molecule has 0 radical (unpaired) electrons. The van der Waals surface area contributed by atoms with Gasteiger partial charge in [0.2, 0.25) is 0 Å². The minimum atomic E-state index is -0.251. The monoisotopic (exact) mass is 323 g/mol. The SMILES string of the molecule is Fc1ccc(-c2nn(C3CCCCO3)cc2-c2ccncc2)cc1. The van der Waals surface area contributed by atoms with E-state index in [2.05, 4.69) is 4.98 Å². The Morgan fingerprint density at radius 1 is 1.00 bits per heavy atom. The molecule has 122 valence electrons. The van der Waals surface area contributed by atoms with Crippen molar-refractivity contribution in [3.63, 3.8) is 0 Å². The van der Waals surface area contributed by atoms with Crippen LogP contribution in [-0.4, -0.2) is 21.4 Å². The number of rotatable bonds is 3. The highest BCUT2D eigenvalue weighted by Crippen LogP contribution is 2.33. The summed E-state index contributed by atoms with van der Waals surface area (Å²) in [5, 5.41) is 4.76. The third-order valence-corrected chi connectivity index (χ3v) is 4.29. The minimum absolute atomic E-state index is 0.0338. The number of hydrogen-bond donors (Lipinski definition) is 0. The first-order valence-electron chi connectivity index (χ1n) is 8.18. The first-order chi connectivity index (χ1) is 11.8. The summed E-state index contributed by atoms with van der Waals surface area (Å²) >= 11 is 0. The van der Waals surface area contributed by atoms with Crippen LogP contribution in [0.1, 0.15) is 25.5 Å². The zero-order valence-corrected chi connectivity index (χ0v) is 13.2. The molecule has 0 aliphatic carbocycles. The van der Waals surface area contributed by atoms with E-state index in [-0.39, 0.29) is 12.0 Å². The van der Waals surface area contributed by atoms with Crippen molar-refractivity contribution in [3.8, 4) is 22.4 Å². The summed E-state index contributed by atoms with van der Waals surface area (Å²) in [5.41, 5.74) is 3.75. The van der Waals surface area contributed by atoms with E-state index < -0.39 is 0 Å². The van der Waals surface area contributed by atoms with Gasteiger partial charge >= 0.3 is 0 Å². The van der Waals surface area contributed by atoms with E-state index >= 15 is 0 Å². The molecule has 0 amide bonds. The van der Waals surface area contributed by atoms with Crippen molar-refractivity contribution in [3.05, 3.63) is 60.8 Å². The van der Waals surface area contributed by atoms with Gasteiger partial charge in [-0.05, 0) is 61.2 Å². The third-order valence-electron chi connectivity index (χ3n) is 4.29. The molecule has 1 aliphatic heterocycles. The van der Waals surface area contributed by atoms with Gasteiger partial charge in [-0.25, -0.2) is 9.07 Å². The molecule has 0 bridgehead atoms. The second kappa shape index (κ2) is 6.53. The molecule has 4 nitrogen and oxygen atoms in total. The second-order valence-electron chi connectivity index (χ2n) is 5.94. The number of hydrogen-bond acceptors (Lipinski definition) is 3. The molecule has 24 heavy (non-hydrogen) atoms. The molecule has 1 aliphatic rings. The van der Waals surface area contributed by atoms with Crippen LogP contribution in [-0.2, 0) is 4.74 Å². The Hall–Kier alpha value is -2.53. The zero-order valence-electron chi connectivity index (χ0n) is 13.2. The van der Waals surface area contributed by atoms with Gasteiger partial charge in [0.25, 0.3) is 0 Å². The van der Waals surface area contributed by atoms with Crippen molar-refractivity contribution in [2.24, 2.45) is 0 Å². The fourth-order valence-electron chi connectivity index (χ4n) is 3.04. The average molecular weight is 323 g/mol. The van der Waals surface area contributed by atoms with E-state index in [0.717, 1.165) is 48.3 Å². The van der Waals surface area contributed by atoms with E-state index in [1.807, 2.05) is 23.0 Å². The second-order valence-corrected chi connectivity index (χ2v) is 5.94. The molecular weight excluding hydrogens is 305 g/mol. The van der Waals surface area contributed by atoms with Gasteiger partial charge in [-0.3, -0.25) is 4.98 Å². The van der Waals surface area contributed by atoms with Gasteiger partial charge in [-0.1, -0.05) is 0 Å². The summed E-state index contributed by atoms with van der Waals surface area (Å²) in [4.78, 5) is 4.08. The van der Waals surface area contributed by atoms with E-state index in [4.69, 9.17) is 9.84 Å². The van der Waals surface area contributed by atoms with E-state index in [1.165, 1.54) is 12.1 Å². The van der Waals surface area contributed by atoms with Gasteiger partial charge in [0.1, 0.15) is 17.7 Å². The van der Waals surface area contributed by atoms with Crippen molar-refractivity contribution >= 4 is 0 Å². The van der Waals surface area contributed by atoms with Gasteiger partial charge in [0, 0.05) is 36.3 Å². The topological polar surface area (TPSA) is 39.9 Å².